The number of nitrogens with zero attached hydrogens (tertiary/aromatic N) is 1. The van der Waals surface area contributed by atoms with Crippen molar-refractivity contribution >= 4 is 17.5 Å². The van der Waals surface area contributed by atoms with Gasteiger partial charge in [-0.05, 0) is 25.5 Å². The third-order valence-corrected chi connectivity index (χ3v) is 3.23. The standard InChI is InChI=1S/C17H19ClF3NO3/c1-4-7-22(11-17(19,20)21)16(23)12-9-13(18)15(25-8-5-2)14(10-12)24-6-3/h1,9-10H,5-8,11H2,2-3H3. The smallest absolute Gasteiger partial charge is 0.406 e. The van der Waals surface area contributed by atoms with Crippen LogP contribution in [-0.2, 0) is 0 Å². The molecule has 0 saturated carbocycles. The van der Waals surface area contributed by atoms with Crippen LogP contribution < -0.4 is 9.47 Å². The molecule has 25 heavy (non-hydrogen) atoms. The number of carbonyl (C=O) groups excluding carboxylic acids is 1. The Balaban J connectivity index is 3.21. The SMILES string of the molecule is C#CCN(CC(F)(F)F)C(=O)c1cc(Cl)c(OCCC)c(OCC)c1. The molecule has 0 bridgehead atoms. The highest BCUT2D eigenvalue weighted by molar-refractivity contribution is 6.32. The highest BCUT2D eigenvalue weighted by Crippen LogP contribution is 2.37. The van der Waals surface area contributed by atoms with Gasteiger partial charge in [0, 0.05) is 5.56 Å². The zero-order valence-corrected chi connectivity index (χ0v) is 14.7. The van der Waals surface area contributed by atoms with E-state index in [-0.39, 0.29) is 28.7 Å². The van der Waals surface area contributed by atoms with Crippen LogP contribution in [-0.4, -0.2) is 43.3 Å². The molecule has 1 rings (SSSR count). The first-order valence-electron chi connectivity index (χ1n) is 7.62. The molecule has 1 aromatic carbocycles. The van der Waals surface area contributed by atoms with Gasteiger partial charge in [-0.3, -0.25) is 4.79 Å². The topological polar surface area (TPSA) is 38.8 Å². The third kappa shape index (κ3) is 6.39. The molecule has 0 aromatic heterocycles. The number of amides is 1. The molecule has 0 saturated heterocycles. The zero-order valence-electron chi connectivity index (χ0n) is 14.0. The summed E-state index contributed by atoms with van der Waals surface area (Å²) in [5, 5.41) is 0.0791. The molecule has 4 nitrogen and oxygen atoms in total. The van der Waals surface area contributed by atoms with Crippen molar-refractivity contribution in [1.29, 1.82) is 0 Å². The number of benzene rings is 1. The summed E-state index contributed by atoms with van der Waals surface area (Å²) in [7, 11) is 0. The Morgan fingerprint density at radius 2 is 2.00 bits per heavy atom. The number of ether oxygens (including phenoxy) is 2. The van der Waals surface area contributed by atoms with E-state index in [0.717, 1.165) is 6.42 Å². The van der Waals surface area contributed by atoms with E-state index < -0.39 is 25.2 Å². The second-order valence-corrected chi connectivity index (χ2v) is 5.45. The molecule has 0 aliphatic heterocycles. The van der Waals surface area contributed by atoms with Gasteiger partial charge in [-0.1, -0.05) is 24.4 Å². The molecular weight excluding hydrogens is 359 g/mol. The number of rotatable bonds is 8. The Morgan fingerprint density at radius 1 is 1.32 bits per heavy atom. The van der Waals surface area contributed by atoms with Gasteiger partial charge in [0.15, 0.2) is 11.5 Å². The monoisotopic (exact) mass is 377 g/mol. The van der Waals surface area contributed by atoms with E-state index >= 15 is 0 Å². The van der Waals surface area contributed by atoms with Gasteiger partial charge in [0.25, 0.3) is 5.91 Å². The van der Waals surface area contributed by atoms with Gasteiger partial charge >= 0.3 is 6.18 Å². The van der Waals surface area contributed by atoms with Gasteiger partial charge in [0.2, 0.25) is 0 Å². The number of terminal acetylenes is 1. The lowest BCUT2D eigenvalue weighted by atomic mass is 10.1. The molecule has 0 atom stereocenters. The number of alkyl halides is 3. The minimum atomic E-state index is -4.57. The van der Waals surface area contributed by atoms with Crippen LogP contribution >= 0.6 is 11.6 Å². The number of carbonyl (C=O) groups is 1. The van der Waals surface area contributed by atoms with Crippen molar-refractivity contribution < 1.29 is 27.4 Å². The van der Waals surface area contributed by atoms with Crippen molar-refractivity contribution in [1.82, 2.24) is 4.90 Å². The van der Waals surface area contributed by atoms with Crippen LogP contribution in [0.25, 0.3) is 0 Å². The van der Waals surface area contributed by atoms with Crippen molar-refractivity contribution in [3.63, 3.8) is 0 Å². The Hall–Kier alpha value is -2.07. The van der Waals surface area contributed by atoms with Crippen molar-refractivity contribution in [2.24, 2.45) is 0 Å². The van der Waals surface area contributed by atoms with E-state index in [1.165, 1.54) is 12.1 Å². The van der Waals surface area contributed by atoms with E-state index in [4.69, 9.17) is 27.5 Å². The van der Waals surface area contributed by atoms with Crippen LogP contribution in [0.2, 0.25) is 5.02 Å². The van der Waals surface area contributed by atoms with Crippen molar-refractivity contribution in [3.8, 4) is 23.8 Å². The first-order chi connectivity index (χ1) is 11.7. The molecule has 1 amide bonds. The molecule has 0 aliphatic rings. The van der Waals surface area contributed by atoms with Crippen LogP contribution in [0.15, 0.2) is 12.1 Å². The van der Waals surface area contributed by atoms with Crippen molar-refractivity contribution in [3.05, 3.63) is 22.7 Å². The lowest BCUT2D eigenvalue weighted by Gasteiger charge is -2.22. The summed E-state index contributed by atoms with van der Waals surface area (Å²) < 4.78 is 48.9. The summed E-state index contributed by atoms with van der Waals surface area (Å²) in [6.45, 7) is 2.35. The zero-order chi connectivity index (χ0) is 19.0. The van der Waals surface area contributed by atoms with Crippen LogP contribution in [0.5, 0.6) is 11.5 Å². The average Bonchev–Trinajstić information content (AvgIpc) is 2.52. The van der Waals surface area contributed by atoms with Gasteiger partial charge in [-0.15, -0.1) is 6.42 Å². The average molecular weight is 378 g/mol. The maximum Gasteiger partial charge on any atom is 0.406 e. The predicted molar refractivity (Wildman–Crippen MR) is 89.2 cm³/mol. The van der Waals surface area contributed by atoms with Crippen LogP contribution in [0.1, 0.15) is 30.6 Å². The molecule has 0 fully saturated rings. The molecule has 0 aliphatic carbocycles. The van der Waals surface area contributed by atoms with E-state index in [1.54, 1.807) is 6.92 Å². The number of hydrogen-bond donors (Lipinski definition) is 0. The van der Waals surface area contributed by atoms with Gasteiger partial charge in [-0.25, -0.2) is 0 Å². The molecule has 0 N–H and O–H groups in total. The second-order valence-electron chi connectivity index (χ2n) is 5.05. The summed E-state index contributed by atoms with van der Waals surface area (Å²) in [6.07, 6.45) is 1.23. The summed E-state index contributed by atoms with van der Waals surface area (Å²) in [5.41, 5.74) is -0.0585. The fourth-order valence-electron chi connectivity index (χ4n) is 2.01. The van der Waals surface area contributed by atoms with E-state index in [9.17, 15) is 18.0 Å². The van der Waals surface area contributed by atoms with Crippen molar-refractivity contribution in [2.75, 3.05) is 26.3 Å². The van der Waals surface area contributed by atoms with E-state index in [2.05, 4.69) is 5.92 Å². The summed E-state index contributed by atoms with van der Waals surface area (Å²) in [5.74, 6) is 1.61. The molecule has 1 aromatic rings. The summed E-state index contributed by atoms with van der Waals surface area (Å²) in [6, 6.07) is 2.56. The van der Waals surface area contributed by atoms with Gasteiger partial charge < -0.3 is 14.4 Å². The number of halogens is 4. The highest BCUT2D eigenvalue weighted by atomic mass is 35.5. The fourth-order valence-corrected chi connectivity index (χ4v) is 2.27. The lowest BCUT2D eigenvalue weighted by molar-refractivity contribution is -0.139. The van der Waals surface area contributed by atoms with Gasteiger partial charge in [0.05, 0.1) is 24.8 Å². The molecule has 0 heterocycles. The van der Waals surface area contributed by atoms with E-state index in [1.807, 2.05) is 6.92 Å². The second kappa shape index (κ2) is 9.42. The Kier molecular flexibility index (Phi) is 7.91. The van der Waals surface area contributed by atoms with Gasteiger partial charge in [0.1, 0.15) is 6.54 Å². The third-order valence-electron chi connectivity index (χ3n) is 2.95. The molecular formula is C17H19ClF3NO3. The molecule has 0 radical (unpaired) electrons. The fraction of sp³-hybridized carbons (Fsp3) is 0.471. The summed E-state index contributed by atoms with van der Waals surface area (Å²) >= 11 is 6.13. The van der Waals surface area contributed by atoms with Crippen LogP contribution in [0, 0.1) is 12.3 Å². The molecule has 8 heteroatoms. The molecule has 138 valence electrons. The van der Waals surface area contributed by atoms with Crippen molar-refractivity contribution in [2.45, 2.75) is 26.4 Å². The molecule has 0 spiro atoms. The minimum Gasteiger partial charge on any atom is -0.490 e. The Labute approximate surface area is 149 Å². The largest absolute Gasteiger partial charge is 0.490 e. The highest BCUT2D eigenvalue weighted by Gasteiger charge is 2.33. The predicted octanol–water partition coefficient (Wildman–Crippen LogP) is 4.17. The molecule has 0 unspecified atom stereocenters. The van der Waals surface area contributed by atoms with Crippen LogP contribution in [0.3, 0.4) is 0 Å². The normalized spacial score (nSPS) is 10.9. The minimum absolute atomic E-state index is 0.0585. The quantitative estimate of drug-likeness (QED) is 0.638. The Morgan fingerprint density at radius 3 is 2.52 bits per heavy atom. The number of hydrogen-bond acceptors (Lipinski definition) is 3. The van der Waals surface area contributed by atoms with Crippen LogP contribution in [0.4, 0.5) is 13.2 Å². The van der Waals surface area contributed by atoms with E-state index in [0.29, 0.717) is 11.5 Å². The first kappa shape index (κ1) is 21.0. The maximum absolute atomic E-state index is 12.7. The maximum atomic E-state index is 12.7. The lowest BCUT2D eigenvalue weighted by Crippen LogP contribution is -2.39. The first-order valence-corrected chi connectivity index (χ1v) is 7.99. The Bertz CT molecular complexity index is 641. The summed E-state index contributed by atoms with van der Waals surface area (Å²) in [4.78, 5) is 12.9. The van der Waals surface area contributed by atoms with Gasteiger partial charge in [-0.2, -0.15) is 13.2 Å².